The highest BCUT2D eigenvalue weighted by molar-refractivity contribution is 7.99. The second-order valence-electron chi connectivity index (χ2n) is 15.5. The van der Waals surface area contributed by atoms with Gasteiger partial charge in [0, 0.05) is 23.8 Å². The zero-order valence-electron chi connectivity index (χ0n) is 34.8. The molecule has 3 N–H and O–H groups in total. The molecule has 0 spiro atoms. The Bertz CT molecular complexity index is 2700. The SMILES string of the molecule is Cc1ccc(S(=O)(=O)NC(Cc2ccccc2)C(=O)NCc2ccccc2-c2ccc(C3OC(CSc4nnnn4-c4ccccc4)C(C)C(c4ccc(CO)cc4)O3)cc2)cc1. The molecule has 5 unspecified atom stereocenters. The third-order valence-corrected chi connectivity index (χ3v) is 13.6. The molecule has 1 amide bonds. The lowest BCUT2D eigenvalue weighted by atomic mass is 9.91. The summed E-state index contributed by atoms with van der Waals surface area (Å²) in [5.41, 5.74) is 7.95. The predicted molar refractivity (Wildman–Crippen MR) is 242 cm³/mol. The standard InChI is InChI=1S/C49H48N6O6S2/c1-33-17-27-42(28-18-33)63(58,59)52-44(29-35-11-5-3-6-12-35)47(57)50-30-40-13-9-10-16-43(40)37-23-25-39(26-24-37)48-60-45(34(2)46(61-48)38-21-19-36(31-56)20-22-38)32-62-49-51-53-54-55(49)41-14-7-4-8-15-41/h3-28,34,44-46,48,52,56H,29-32H2,1-2H3,(H,50,57). The first kappa shape index (κ1) is 43.6. The highest BCUT2D eigenvalue weighted by atomic mass is 32.2. The van der Waals surface area contributed by atoms with E-state index in [1.807, 2.05) is 140 Å². The van der Waals surface area contributed by atoms with Crippen LogP contribution in [0.1, 0.15) is 52.7 Å². The minimum atomic E-state index is -3.99. The van der Waals surface area contributed by atoms with Gasteiger partial charge in [0.1, 0.15) is 6.04 Å². The number of carbonyl (C=O) groups is 1. The summed E-state index contributed by atoms with van der Waals surface area (Å²) in [7, 11) is -3.99. The molecular weight excluding hydrogens is 833 g/mol. The van der Waals surface area contributed by atoms with Crippen molar-refractivity contribution >= 4 is 27.7 Å². The number of aromatic nitrogens is 4. The quantitative estimate of drug-likeness (QED) is 0.0815. The normalized spacial score (nSPS) is 18.1. The number of amides is 1. The number of hydrogen-bond acceptors (Lipinski definition) is 10. The molecule has 0 saturated carbocycles. The third-order valence-electron chi connectivity index (χ3n) is 11.1. The Morgan fingerprint density at radius 2 is 1.46 bits per heavy atom. The lowest BCUT2D eigenvalue weighted by Gasteiger charge is -2.41. The number of aliphatic hydroxyl groups is 1. The van der Waals surface area contributed by atoms with E-state index in [-0.39, 0.29) is 42.6 Å². The zero-order chi connectivity index (χ0) is 43.8. The van der Waals surface area contributed by atoms with Gasteiger partial charge < -0.3 is 19.9 Å². The number of hydrogen-bond donors (Lipinski definition) is 3. The number of tetrazole rings is 1. The molecular formula is C49H48N6O6S2. The van der Waals surface area contributed by atoms with Crippen LogP contribution in [-0.2, 0) is 43.9 Å². The number of para-hydroxylation sites is 1. The van der Waals surface area contributed by atoms with Crippen molar-refractivity contribution in [2.45, 2.75) is 68.0 Å². The van der Waals surface area contributed by atoms with Gasteiger partial charge in [-0.15, -0.1) is 5.10 Å². The van der Waals surface area contributed by atoms with E-state index in [1.54, 1.807) is 16.8 Å². The van der Waals surface area contributed by atoms with Crippen LogP contribution in [0.5, 0.6) is 0 Å². The summed E-state index contributed by atoms with van der Waals surface area (Å²) in [5, 5.41) is 25.8. The second kappa shape index (κ2) is 20.0. The summed E-state index contributed by atoms with van der Waals surface area (Å²) in [4.78, 5) is 14.0. The van der Waals surface area contributed by atoms with Crippen LogP contribution >= 0.6 is 11.8 Å². The summed E-state index contributed by atoms with van der Waals surface area (Å²) in [5.74, 6) is 0.0858. The van der Waals surface area contributed by atoms with E-state index in [9.17, 15) is 18.3 Å². The molecule has 0 radical (unpaired) electrons. The molecule has 1 aromatic heterocycles. The molecule has 12 nitrogen and oxygen atoms in total. The van der Waals surface area contributed by atoms with E-state index >= 15 is 0 Å². The van der Waals surface area contributed by atoms with Crippen LogP contribution in [0.3, 0.4) is 0 Å². The summed E-state index contributed by atoms with van der Waals surface area (Å²) in [6, 6.07) is 48.2. The van der Waals surface area contributed by atoms with Gasteiger partial charge in [-0.2, -0.15) is 9.40 Å². The largest absolute Gasteiger partial charge is 0.392 e. The Morgan fingerprint density at radius 1 is 0.794 bits per heavy atom. The molecule has 6 aromatic carbocycles. The van der Waals surface area contributed by atoms with E-state index in [2.05, 4.69) is 32.5 Å². The van der Waals surface area contributed by atoms with E-state index in [1.165, 1.54) is 23.9 Å². The Balaban J connectivity index is 0.994. The second-order valence-corrected chi connectivity index (χ2v) is 18.2. The lowest BCUT2D eigenvalue weighted by molar-refractivity contribution is -0.268. The van der Waals surface area contributed by atoms with Crippen LogP contribution in [-0.4, -0.2) is 57.5 Å². The fourth-order valence-electron chi connectivity index (χ4n) is 7.56. The molecule has 1 saturated heterocycles. The van der Waals surface area contributed by atoms with E-state index in [0.29, 0.717) is 10.9 Å². The molecule has 1 fully saturated rings. The Labute approximate surface area is 371 Å². The van der Waals surface area contributed by atoms with Gasteiger partial charge in [0.25, 0.3) is 0 Å². The van der Waals surface area contributed by atoms with Crippen LogP contribution in [0.2, 0.25) is 0 Å². The van der Waals surface area contributed by atoms with Crippen molar-refractivity contribution in [3.8, 4) is 16.8 Å². The number of ether oxygens (including phenoxy) is 2. The fourth-order valence-corrected chi connectivity index (χ4v) is 9.81. The topological polar surface area (TPSA) is 158 Å². The van der Waals surface area contributed by atoms with Crippen LogP contribution in [0.4, 0.5) is 0 Å². The number of carbonyl (C=O) groups excluding carboxylic acids is 1. The van der Waals surface area contributed by atoms with Gasteiger partial charge in [-0.1, -0.05) is 158 Å². The highest BCUT2D eigenvalue weighted by Crippen LogP contribution is 2.43. The number of rotatable bonds is 16. The minimum absolute atomic E-state index is 0.0404. The van der Waals surface area contributed by atoms with Crippen LogP contribution < -0.4 is 10.0 Å². The van der Waals surface area contributed by atoms with Crippen molar-refractivity contribution in [3.63, 3.8) is 0 Å². The summed E-state index contributed by atoms with van der Waals surface area (Å²) in [6.07, 6.45) is -1.06. The van der Waals surface area contributed by atoms with Gasteiger partial charge in [0.05, 0.1) is 29.4 Å². The van der Waals surface area contributed by atoms with Gasteiger partial charge >= 0.3 is 0 Å². The van der Waals surface area contributed by atoms with Gasteiger partial charge in [-0.25, -0.2) is 8.42 Å². The zero-order valence-corrected chi connectivity index (χ0v) is 36.5. The number of aliphatic hydroxyl groups excluding tert-OH is 1. The number of nitrogens with zero attached hydrogens (tertiary/aromatic N) is 4. The molecule has 63 heavy (non-hydrogen) atoms. The van der Waals surface area contributed by atoms with Crippen LogP contribution in [0.25, 0.3) is 16.8 Å². The average Bonchev–Trinajstić information content (AvgIpc) is 3.80. The average molecular weight is 881 g/mol. The molecule has 322 valence electrons. The molecule has 1 aliphatic heterocycles. The maximum Gasteiger partial charge on any atom is 0.241 e. The van der Waals surface area contributed by atoms with E-state index in [0.717, 1.165) is 50.2 Å². The summed E-state index contributed by atoms with van der Waals surface area (Å²) >= 11 is 1.52. The van der Waals surface area contributed by atoms with Gasteiger partial charge in [-0.05, 0) is 81.4 Å². The van der Waals surface area contributed by atoms with E-state index < -0.39 is 28.3 Å². The Morgan fingerprint density at radius 3 is 2.17 bits per heavy atom. The maximum atomic E-state index is 13.9. The molecule has 0 bridgehead atoms. The molecule has 5 atom stereocenters. The Hall–Kier alpha value is -6.00. The van der Waals surface area contributed by atoms with Crippen molar-refractivity contribution in [3.05, 3.63) is 191 Å². The molecule has 8 rings (SSSR count). The predicted octanol–water partition coefficient (Wildman–Crippen LogP) is 7.92. The number of thioether (sulfide) groups is 1. The first-order valence-electron chi connectivity index (χ1n) is 20.7. The van der Waals surface area contributed by atoms with Crippen molar-refractivity contribution in [2.24, 2.45) is 5.92 Å². The maximum absolute atomic E-state index is 13.9. The van der Waals surface area contributed by atoms with Crippen molar-refractivity contribution < 1.29 is 27.8 Å². The monoisotopic (exact) mass is 880 g/mol. The first-order chi connectivity index (χ1) is 30.6. The highest BCUT2D eigenvalue weighted by Gasteiger charge is 2.39. The molecule has 0 aliphatic carbocycles. The Kier molecular flexibility index (Phi) is 13.9. The number of sulfonamides is 1. The number of aryl methyl sites for hydroxylation is 1. The van der Waals surface area contributed by atoms with Crippen molar-refractivity contribution in [1.82, 2.24) is 30.2 Å². The molecule has 1 aliphatic rings. The first-order valence-corrected chi connectivity index (χ1v) is 23.2. The summed E-state index contributed by atoms with van der Waals surface area (Å²) in [6.45, 7) is 4.13. The number of nitrogens with one attached hydrogen (secondary N) is 2. The fraction of sp³-hybridized carbons (Fsp3) is 0.224. The van der Waals surface area contributed by atoms with Gasteiger partial charge in [-0.3, -0.25) is 4.79 Å². The van der Waals surface area contributed by atoms with Crippen molar-refractivity contribution in [1.29, 1.82) is 0 Å². The molecule has 14 heteroatoms. The van der Waals surface area contributed by atoms with Crippen LogP contribution in [0, 0.1) is 12.8 Å². The molecule has 2 heterocycles. The third kappa shape index (κ3) is 10.6. The number of benzene rings is 6. The van der Waals surface area contributed by atoms with Crippen molar-refractivity contribution in [2.75, 3.05) is 5.75 Å². The summed E-state index contributed by atoms with van der Waals surface area (Å²) < 4.78 is 44.8. The lowest BCUT2D eigenvalue weighted by Crippen LogP contribution is -2.47. The van der Waals surface area contributed by atoms with Crippen LogP contribution in [0.15, 0.2) is 168 Å². The molecule has 7 aromatic rings. The van der Waals surface area contributed by atoms with E-state index in [4.69, 9.17) is 9.47 Å². The minimum Gasteiger partial charge on any atom is -0.392 e. The smallest absolute Gasteiger partial charge is 0.241 e. The van der Waals surface area contributed by atoms with Gasteiger partial charge in [0.15, 0.2) is 6.29 Å². The van der Waals surface area contributed by atoms with Gasteiger partial charge in [0.2, 0.25) is 21.1 Å².